The van der Waals surface area contributed by atoms with Crippen LogP contribution in [0.5, 0.6) is 5.75 Å². The molecule has 1 aliphatic carbocycles. The number of nitrogens with zero attached hydrogens (tertiary/aromatic N) is 2. The Balaban J connectivity index is 1.66. The molecule has 8 heteroatoms. The Bertz CT molecular complexity index is 1180. The SMILES string of the molecule is CCOc1cccc(C2C3=C(OC4CCCCC4C3=O)C(=O)N2c2nc(C)c(C(C)=O)s2)c1. The number of aryl methyl sites for hydroxylation is 1. The number of ketones is 2. The summed E-state index contributed by atoms with van der Waals surface area (Å²) in [6.45, 7) is 5.65. The van der Waals surface area contributed by atoms with Gasteiger partial charge in [-0.1, -0.05) is 29.9 Å². The summed E-state index contributed by atoms with van der Waals surface area (Å²) in [4.78, 5) is 46.1. The molecule has 3 aliphatic rings. The Morgan fingerprint density at radius 3 is 2.79 bits per heavy atom. The van der Waals surface area contributed by atoms with Crippen molar-refractivity contribution in [2.24, 2.45) is 5.92 Å². The van der Waals surface area contributed by atoms with Gasteiger partial charge in [0.25, 0.3) is 5.91 Å². The van der Waals surface area contributed by atoms with Gasteiger partial charge in [-0.15, -0.1) is 0 Å². The number of ether oxygens (including phenoxy) is 2. The number of carbonyl (C=O) groups is 3. The van der Waals surface area contributed by atoms with Crippen molar-refractivity contribution in [3.63, 3.8) is 0 Å². The second-order valence-corrected chi connectivity index (χ2v) is 9.68. The fourth-order valence-corrected chi connectivity index (χ4v) is 6.10. The van der Waals surface area contributed by atoms with Crippen molar-refractivity contribution in [2.45, 2.75) is 58.6 Å². The topological polar surface area (TPSA) is 85.8 Å². The molecule has 1 aromatic carbocycles. The first kappa shape index (κ1) is 21.8. The molecule has 0 saturated heterocycles. The van der Waals surface area contributed by atoms with Gasteiger partial charge in [0.1, 0.15) is 11.9 Å². The number of Topliss-reactive ketones (excluding diaryl/α,β-unsaturated/α-hetero) is 2. The zero-order valence-corrected chi connectivity index (χ0v) is 19.7. The second kappa shape index (κ2) is 8.41. The predicted octanol–water partition coefficient (Wildman–Crippen LogP) is 4.55. The van der Waals surface area contributed by atoms with Gasteiger partial charge in [0.2, 0.25) is 0 Å². The normalized spacial score (nSPS) is 24.5. The first-order valence-corrected chi connectivity index (χ1v) is 12.2. The average molecular weight is 467 g/mol. The molecule has 3 unspecified atom stereocenters. The number of rotatable bonds is 5. The highest BCUT2D eigenvalue weighted by Crippen LogP contribution is 2.49. The van der Waals surface area contributed by atoms with Gasteiger partial charge in [-0.2, -0.15) is 0 Å². The summed E-state index contributed by atoms with van der Waals surface area (Å²) in [5.74, 6) is 0.0762. The van der Waals surface area contributed by atoms with Gasteiger partial charge < -0.3 is 9.47 Å². The first-order chi connectivity index (χ1) is 15.9. The molecule has 7 nitrogen and oxygen atoms in total. The lowest BCUT2D eigenvalue weighted by Crippen LogP contribution is -2.39. The van der Waals surface area contributed by atoms with Crippen LogP contribution < -0.4 is 9.64 Å². The quantitative estimate of drug-likeness (QED) is 0.601. The maximum absolute atomic E-state index is 13.7. The number of aromatic nitrogens is 1. The summed E-state index contributed by atoms with van der Waals surface area (Å²) in [5.41, 5.74) is 1.72. The molecule has 2 aromatic rings. The number of carbonyl (C=O) groups excluding carboxylic acids is 3. The van der Waals surface area contributed by atoms with Crippen molar-refractivity contribution < 1.29 is 23.9 Å². The van der Waals surface area contributed by atoms with E-state index in [1.165, 1.54) is 23.2 Å². The monoisotopic (exact) mass is 466 g/mol. The van der Waals surface area contributed by atoms with E-state index in [2.05, 4.69) is 4.98 Å². The van der Waals surface area contributed by atoms with Crippen LogP contribution in [0, 0.1) is 12.8 Å². The molecule has 172 valence electrons. The molecule has 1 aromatic heterocycles. The van der Waals surface area contributed by atoms with Crippen LogP contribution in [0.3, 0.4) is 0 Å². The summed E-state index contributed by atoms with van der Waals surface area (Å²) < 4.78 is 11.9. The molecule has 0 N–H and O–H groups in total. The minimum atomic E-state index is -0.673. The zero-order valence-electron chi connectivity index (χ0n) is 18.9. The van der Waals surface area contributed by atoms with E-state index >= 15 is 0 Å². The van der Waals surface area contributed by atoms with Crippen molar-refractivity contribution in [3.8, 4) is 5.75 Å². The molecule has 1 amide bonds. The van der Waals surface area contributed by atoms with E-state index in [1.807, 2.05) is 31.2 Å². The molecule has 0 bridgehead atoms. The van der Waals surface area contributed by atoms with Crippen LogP contribution in [-0.2, 0) is 14.3 Å². The summed E-state index contributed by atoms with van der Waals surface area (Å²) in [5, 5.41) is 0.392. The zero-order chi connectivity index (χ0) is 23.3. The van der Waals surface area contributed by atoms with Crippen molar-refractivity contribution >= 4 is 33.9 Å². The lowest BCUT2D eigenvalue weighted by Gasteiger charge is -2.35. The van der Waals surface area contributed by atoms with E-state index in [-0.39, 0.29) is 35.3 Å². The van der Waals surface area contributed by atoms with Crippen molar-refractivity contribution in [3.05, 3.63) is 51.7 Å². The summed E-state index contributed by atoms with van der Waals surface area (Å²) in [6, 6.07) is 6.77. The van der Waals surface area contributed by atoms with Gasteiger partial charge in [-0.05, 0) is 50.8 Å². The summed E-state index contributed by atoms with van der Waals surface area (Å²) >= 11 is 1.17. The average Bonchev–Trinajstić information content (AvgIpc) is 3.32. The van der Waals surface area contributed by atoms with Gasteiger partial charge in [0.05, 0.1) is 34.7 Å². The van der Waals surface area contributed by atoms with Crippen LogP contribution in [0.1, 0.15) is 66.5 Å². The Morgan fingerprint density at radius 2 is 2.06 bits per heavy atom. The minimum absolute atomic E-state index is 0.0105. The predicted molar refractivity (Wildman–Crippen MR) is 124 cm³/mol. The molecular formula is C25H26N2O5S. The van der Waals surface area contributed by atoms with Crippen LogP contribution in [0.25, 0.3) is 0 Å². The van der Waals surface area contributed by atoms with E-state index < -0.39 is 6.04 Å². The number of anilines is 1. The third-order valence-corrected chi connectivity index (χ3v) is 7.82. The van der Waals surface area contributed by atoms with E-state index in [4.69, 9.17) is 9.47 Å². The second-order valence-electron chi connectivity index (χ2n) is 8.70. The molecule has 1 saturated carbocycles. The number of hydrogen-bond donors (Lipinski definition) is 0. The third kappa shape index (κ3) is 3.57. The lowest BCUT2D eigenvalue weighted by atomic mass is 9.77. The van der Waals surface area contributed by atoms with Gasteiger partial charge in [-0.3, -0.25) is 19.3 Å². The fraction of sp³-hybridized carbons (Fsp3) is 0.440. The molecule has 3 heterocycles. The largest absolute Gasteiger partial charge is 0.494 e. The Morgan fingerprint density at radius 1 is 1.27 bits per heavy atom. The van der Waals surface area contributed by atoms with Crippen LogP contribution >= 0.6 is 11.3 Å². The molecule has 3 atom stereocenters. The maximum atomic E-state index is 13.7. The third-order valence-electron chi connectivity index (χ3n) is 6.56. The summed E-state index contributed by atoms with van der Waals surface area (Å²) in [6.07, 6.45) is 3.26. The van der Waals surface area contributed by atoms with Gasteiger partial charge in [-0.25, -0.2) is 4.98 Å². The number of amides is 1. The van der Waals surface area contributed by atoms with Crippen molar-refractivity contribution in [1.82, 2.24) is 4.98 Å². The lowest BCUT2D eigenvalue weighted by molar-refractivity contribution is -0.131. The number of hydrogen-bond acceptors (Lipinski definition) is 7. The van der Waals surface area contributed by atoms with Gasteiger partial charge in [0.15, 0.2) is 22.5 Å². The van der Waals surface area contributed by atoms with Gasteiger partial charge in [0, 0.05) is 6.92 Å². The van der Waals surface area contributed by atoms with Crippen LogP contribution in [0.15, 0.2) is 35.6 Å². The molecule has 33 heavy (non-hydrogen) atoms. The van der Waals surface area contributed by atoms with Crippen LogP contribution in [0.4, 0.5) is 5.13 Å². The first-order valence-electron chi connectivity index (χ1n) is 11.4. The van der Waals surface area contributed by atoms with E-state index in [9.17, 15) is 14.4 Å². The maximum Gasteiger partial charge on any atom is 0.296 e. The van der Waals surface area contributed by atoms with Gasteiger partial charge >= 0.3 is 0 Å². The van der Waals surface area contributed by atoms with E-state index in [0.29, 0.717) is 33.6 Å². The number of fused-ring (bicyclic) bond motifs is 1. The van der Waals surface area contributed by atoms with Crippen LogP contribution in [-0.4, -0.2) is 35.2 Å². The molecule has 0 spiro atoms. The highest BCUT2D eigenvalue weighted by atomic mass is 32.1. The molecule has 2 aliphatic heterocycles. The molecule has 1 fully saturated rings. The Kier molecular flexibility index (Phi) is 5.56. The van der Waals surface area contributed by atoms with E-state index in [1.54, 1.807) is 6.92 Å². The molecule has 5 rings (SSSR count). The number of thiazole rings is 1. The highest BCUT2D eigenvalue weighted by molar-refractivity contribution is 7.17. The fourth-order valence-electron chi connectivity index (χ4n) is 5.11. The van der Waals surface area contributed by atoms with Crippen molar-refractivity contribution in [2.75, 3.05) is 11.5 Å². The van der Waals surface area contributed by atoms with Crippen molar-refractivity contribution in [1.29, 1.82) is 0 Å². The van der Waals surface area contributed by atoms with Crippen LogP contribution in [0.2, 0.25) is 0 Å². The Labute approximate surface area is 196 Å². The smallest absolute Gasteiger partial charge is 0.296 e. The minimum Gasteiger partial charge on any atom is -0.494 e. The Hall–Kier alpha value is -3.00. The molecular weight excluding hydrogens is 440 g/mol. The number of benzene rings is 1. The highest BCUT2D eigenvalue weighted by Gasteiger charge is 2.53. The summed E-state index contributed by atoms with van der Waals surface area (Å²) in [7, 11) is 0. The van der Waals surface area contributed by atoms with E-state index in [0.717, 1.165) is 31.2 Å². The molecule has 0 radical (unpaired) electrons. The standard InChI is InChI=1S/C25H26N2O5S/c1-4-31-16-9-7-8-15(12-16)20-19-21(29)17-10-5-6-11-18(17)32-22(19)24(30)27(20)25-26-13(2)23(33-25)14(3)28/h7-9,12,17-18,20H,4-6,10-11H2,1-3H3.